The molecule has 374 valence electrons. The van der Waals surface area contributed by atoms with Crippen LogP contribution in [0.3, 0.4) is 0 Å². The minimum absolute atomic E-state index is 0.00291. The van der Waals surface area contributed by atoms with Crippen molar-refractivity contribution in [2.45, 2.75) is 103 Å². The van der Waals surface area contributed by atoms with Gasteiger partial charge in [0.2, 0.25) is 23.7 Å². The second-order valence-corrected chi connectivity index (χ2v) is 17.2. The first-order chi connectivity index (χ1) is 33.5. The van der Waals surface area contributed by atoms with E-state index in [1.807, 2.05) is 12.1 Å². The second kappa shape index (κ2) is 29.3. The number of alkyl carbamates (subject to hydrolysis) is 3. The Kier molecular flexibility index (Phi) is 23.0. The Hall–Kier alpha value is -7.67. The smallest absolute Gasteiger partial charge is 0.437 e. The van der Waals surface area contributed by atoms with Gasteiger partial charge in [0.15, 0.2) is 0 Å². The fourth-order valence-corrected chi connectivity index (χ4v) is 6.60. The Balaban J connectivity index is 1.41. The number of primary amides is 1. The molecule has 4 aromatic rings. The van der Waals surface area contributed by atoms with Gasteiger partial charge in [0, 0.05) is 30.1 Å². The molecule has 0 heterocycles. The Morgan fingerprint density at radius 3 is 1.71 bits per heavy atom. The number of rotatable bonds is 23. The highest BCUT2D eigenvalue weighted by Gasteiger charge is 2.30. The number of ether oxygens (including phenoxy) is 4. The van der Waals surface area contributed by atoms with E-state index < -0.39 is 65.8 Å². The van der Waals surface area contributed by atoms with Crippen molar-refractivity contribution in [3.63, 3.8) is 0 Å². The number of aliphatic imine (C=N–C) groups is 1. The molecule has 4 rings (SSSR count). The monoisotopic (exact) mass is 984 g/mol. The van der Waals surface area contributed by atoms with E-state index in [0.29, 0.717) is 34.6 Å². The molecule has 0 radical (unpaired) electrons. The predicted octanol–water partition coefficient (Wildman–Crippen LogP) is 6.32. The molecule has 0 bridgehead atoms. The molecule has 0 aliphatic rings. The number of amides is 7. The molecule has 0 spiro atoms. The summed E-state index contributed by atoms with van der Waals surface area (Å²) in [6, 6.07) is 30.0. The van der Waals surface area contributed by atoms with E-state index in [0.717, 1.165) is 5.56 Å². The number of guanidine groups is 1. The number of carbonyl (C=O) groups excluding carboxylic acids is 7. The van der Waals surface area contributed by atoms with Crippen LogP contribution in [-0.2, 0) is 59.6 Å². The van der Waals surface area contributed by atoms with Gasteiger partial charge in [0.05, 0.1) is 0 Å². The van der Waals surface area contributed by atoms with Gasteiger partial charge in [-0.15, -0.1) is 4.99 Å². The number of halogens is 1. The minimum Gasteiger partial charge on any atom is -0.445 e. The first-order valence-electron chi connectivity index (χ1n) is 22.6. The van der Waals surface area contributed by atoms with Gasteiger partial charge >= 0.3 is 24.4 Å². The van der Waals surface area contributed by atoms with E-state index in [9.17, 15) is 33.6 Å². The number of nitrogens with one attached hydrogen (secondary N) is 6. The van der Waals surface area contributed by atoms with E-state index in [1.165, 1.54) is 0 Å². The first-order valence-corrected chi connectivity index (χ1v) is 23.0. The summed E-state index contributed by atoms with van der Waals surface area (Å²) in [6.07, 6.45) is -2.52. The quantitative estimate of drug-likeness (QED) is 0.0186. The summed E-state index contributed by atoms with van der Waals surface area (Å²) in [5.41, 5.74) is 7.54. The predicted molar refractivity (Wildman–Crippen MR) is 261 cm³/mol. The van der Waals surface area contributed by atoms with Crippen molar-refractivity contribution in [2.75, 3.05) is 13.1 Å². The fourth-order valence-electron chi connectivity index (χ4n) is 6.40. The molecule has 70 heavy (non-hydrogen) atoms. The standard InChI is InChI=1S/C50H61ClN8O11/c1-50(2,3)70-49(66)57-40(27-17-29-53-45(58-47(64)67-31-35-20-9-5-10-21-35)59-48(65)68-32-36-22-11-6-12-23-36)43(61)56-41(30-34-18-7-4-8-19-34)44(62)55-39(42(52)60)26-15-16-28-54-46(63)69-33-37-24-13-14-25-38(37)51/h4-14,18-25,39-41H,15-17,26-33H2,1-3H3,(H2,52,60)(H,54,63)(H,55,62)(H,56,61)(H,57,66)(H2,53,58,59,64,65)/t39-,40+,41-/m0/s1. The van der Waals surface area contributed by atoms with Crippen LogP contribution >= 0.6 is 11.6 Å². The number of carbonyl (C=O) groups is 7. The zero-order valence-electron chi connectivity index (χ0n) is 39.4. The van der Waals surface area contributed by atoms with E-state index in [-0.39, 0.29) is 64.6 Å². The van der Waals surface area contributed by atoms with Gasteiger partial charge in [0.25, 0.3) is 0 Å². The van der Waals surface area contributed by atoms with Gasteiger partial charge in [-0.2, -0.15) is 0 Å². The third-order valence-corrected chi connectivity index (χ3v) is 10.3. The lowest BCUT2D eigenvalue weighted by molar-refractivity contribution is -0.132. The van der Waals surface area contributed by atoms with Gasteiger partial charge in [-0.25, -0.2) is 19.2 Å². The third kappa shape index (κ3) is 22.0. The molecule has 4 aromatic carbocycles. The zero-order chi connectivity index (χ0) is 50.7. The summed E-state index contributed by atoms with van der Waals surface area (Å²) in [6.45, 7) is 4.99. The van der Waals surface area contributed by atoms with Crippen molar-refractivity contribution in [3.05, 3.63) is 143 Å². The molecule has 0 fully saturated rings. The van der Waals surface area contributed by atoms with Crippen molar-refractivity contribution in [1.82, 2.24) is 31.9 Å². The molecule has 7 amide bonds. The van der Waals surface area contributed by atoms with Crippen LogP contribution in [0.4, 0.5) is 19.2 Å². The average Bonchev–Trinajstić information content (AvgIpc) is 3.32. The van der Waals surface area contributed by atoms with Crippen molar-refractivity contribution in [2.24, 2.45) is 10.7 Å². The van der Waals surface area contributed by atoms with E-state index >= 15 is 0 Å². The number of nitrogens with zero attached hydrogens (tertiary/aromatic N) is 1. The molecule has 0 saturated heterocycles. The third-order valence-electron chi connectivity index (χ3n) is 9.89. The molecule has 19 nitrogen and oxygen atoms in total. The lowest BCUT2D eigenvalue weighted by Crippen LogP contribution is -2.57. The van der Waals surface area contributed by atoms with Crippen molar-refractivity contribution in [1.29, 1.82) is 0 Å². The maximum Gasteiger partial charge on any atom is 0.437 e. The molecule has 8 N–H and O–H groups in total. The molecule has 0 unspecified atom stereocenters. The van der Waals surface area contributed by atoms with Gasteiger partial charge in [-0.05, 0) is 75.6 Å². The van der Waals surface area contributed by atoms with Crippen LogP contribution in [0.5, 0.6) is 0 Å². The second-order valence-electron chi connectivity index (χ2n) is 16.8. The summed E-state index contributed by atoms with van der Waals surface area (Å²) in [5.74, 6) is -2.59. The molecule has 0 saturated carbocycles. The highest BCUT2D eigenvalue weighted by molar-refractivity contribution is 6.31. The Labute approximate surface area is 412 Å². The number of hydrogen-bond donors (Lipinski definition) is 7. The average molecular weight is 986 g/mol. The zero-order valence-corrected chi connectivity index (χ0v) is 40.1. The van der Waals surface area contributed by atoms with E-state index in [2.05, 4.69) is 36.9 Å². The molecule has 0 aliphatic carbocycles. The molecule has 0 aromatic heterocycles. The van der Waals surface area contributed by atoms with Gasteiger partial charge in [0.1, 0.15) is 43.5 Å². The van der Waals surface area contributed by atoms with Crippen LogP contribution in [0, 0.1) is 0 Å². The number of nitrogens with two attached hydrogens (primary N) is 1. The number of unbranched alkanes of at least 4 members (excludes halogenated alkanes) is 1. The van der Waals surface area contributed by atoms with Crippen LogP contribution in [-0.4, -0.2) is 84.9 Å². The Morgan fingerprint density at radius 1 is 0.571 bits per heavy atom. The minimum atomic E-state index is -1.28. The normalized spacial score (nSPS) is 12.4. The van der Waals surface area contributed by atoms with Crippen LogP contribution in [0.25, 0.3) is 0 Å². The summed E-state index contributed by atoms with van der Waals surface area (Å²) in [5, 5.41) is 16.3. The maximum absolute atomic E-state index is 14.1. The van der Waals surface area contributed by atoms with E-state index in [1.54, 1.807) is 124 Å². The molecule has 20 heteroatoms. The van der Waals surface area contributed by atoms with Crippen LogP contribution < -0.4 is 37.6 Å². The fraction of sp³-hybridized carbons (Fsp3) is 0.360. The highest BCUT2D eigenvalue weighted by Crippen LogP contribution is 2.16. The van der Waals surface area contributed by atoms with Gasteiger partial charge < -0.3 is 51.3 Å². The first kappa shape index (κ1) is 54.9. The summed E-state index contributed by atoms with van der Waals surface area (Å²) in [7, 11) is 0. The van der Waals surface area contributed by atoms with Crippen LogP contribution in [0.2, 0.25) is 5.02 Å². The maximum atomic E-state index is 14.1. The lowest BCUT2D eigenvalue weighted by atomic mass is 10.0. The number of benzene rings is 4. The van der Waals surface area contributed by atoms with Crippen molar-refractivity contribution < 1.29 is 52.5 Å². The summed E-state index contributed by atoms with van der Waals surface area (Å²) in [4.78, 5) is 95.4. The summed E-state index contributed by atoms with van der Waals surface area (Å²) < 4.78 is 21.2. The number of hydrogen-bond acceptors (Lipinski definition) is 11. The topological polar surface area (TPSA) is 267 Å². The molecule has 3 atom stereocenters. The van der Waals surface area contributed by atoms with Crippen molar-refractivity contribution in [3.8, 4) is 0 Å². The molecular weight excluding hydrogens is 924 g/mol. The van der Waals surface area contributed by atoms with E-state index in [4.69, 9.17) is 36.3 Å². The lowest BCUT2D eigenvalue weighted by Gasteiger charge is -2.26. The largest absolute Gasteiger partial charge is 0.445 e. The van der Waals surface area contributed by atoms with Crippen molar-refractivity contribution >= 4 is 59.7 Å². The molecule has 0 aliphatic heterocycles. The van der Waals surface area contributed by atoms with Gasteiger partial charge in [-0.3, -0.25) is 19.7 Å². The van der Waals surface area contributed by atoms with Gasteiger partial charge in [-0.1, -0.05) is 121 Å². The Bertz CT molecular complexity index is 2350. The summed E-state index contributed by atoms with van der Waals surface area (Å²) >= 11 is 6.13. The SMILES string of the molecule is CC(C)(C)OC(=O)N[C@H](CCCN/C(=N\C(=O)OCc1ccccc1)NC(=O)OCc1ccccc1)C(=O)N[C@@H](Cc1ccccc1)C(=O)N[C@@H](CCCCNC(=O)OCc1ccccc1Cl)C(N)=O. The molecular formula is C50H61ClN8O11. The van der Waals surface area contributed by atoms with Crippen LogP contribution in [0.15, 0.2) is 120 Å². The van der Waals surface area contributed by atoms with Crippen LogP contribution in [0.1, 0.15) is 75.1 Å². The Morgan fingerprint density at radius 2 is 1.10 bits per heavy atom. The highest BCUT2D eigenvalue weighted by atomic mass is 35.5.